The number of rotatable bonds is 6. The number of nitrogens with one attached hydrogen (secondary N) is 1. The van der Waals surface area contributed by atoms with E-state index in [4.69, 9.17) is 4.74 Å². The maximum absolute atomic E-state index is 13.2. The Morgan fingerprint density at radius 2 is 1.75 bits per heavy atom. The summed E-state index contributed by atoms with van der Waals surface area (Å²) in [6, 6.07) is 10.2. The fourth-order valence-corrected chi connectivity index (χ4v) is 3.49. The molecule has 164 valence electrons. The Balaban J connectivity index is 1.63. The van der Waals surface area contributed by atoms with Crippen LogP contribution in [0.1, 0.15) is 35.3 Å². The molecule has 0 spiro atoms. The molecule has 0 amide bonds. The van der Waals surface area contributed by atoms with Gasteiger partial charge in [0, 0.05) is 6.20 Å². The lowest BCUT2D eigenvalue weighted by Gasteiger charge is -2.18. The maximum atomic E-state index is 13.2. The van der Waals surface area contributed by atoms with Gasteiger partial charge in [0.05, 0.1) is 30.9 Å². The largest absolute Gasteiger partial charge is 0.479 e. The summed E-state index contributed by atoms with van der Waals surface area (Å²) in [5.41, 5.74) is 5.97. The first-order valence-electron chi connectivity index (χ1n) is 10.3. The highest BCUT2D eigenvalue weighted by Crippen LogP contribution is 2.30. The van der Waals surface area contributed by atoms with E-state index in [0.717, 1.165) is 28.1 Å². The second-order valence-corrected chi connectivity index (χ2v) is 7.71. The molecule has 8 heteroatoms. The molecule has 1 N–H and O–H groups in total. The summed E-state index contributed by atoms with van der Waals surface area (Å²) in [6.07, 6.45) is 3.64. The number of anilines is 1. The molecule has 3 aromatic heterocycles. The van der Waals surface area contributed by atoms with Crippen molar-refractivity contribution in [3.05, 3.63) is 77.1 Å². The number of halogens is 1. The number of ether oxygens (including phenoxy) is 1. The smallest absolute Gasteiger partial charge is 0.238 e. The highest BCUT2D eigenvalue weighted by Gasteiger charge is 2.17. The average Bonchev–Trinajstić information content (AvgIpc) is 3.23. The molecule has 1 atom stereocenters. The van der Waals surface area contributed by atoms with Crippen LogP contribution in [-0.2, 0) is 0 Å². The van der Waals surface area contributed by atoms with Gasteiger partial charge in [-0.2, -0.15) is 0 Å². The van der Waals surface area contributed by atoms with Gasteiger partial charge in [0.25, 0.3) is 0 Å². The number of aromatic nitrogens is 5. The van der Waals surface area contributed by atoms with Gasteiger partial charge < -0.3 is 14.6 Å². The van der Waals surface area contributed by atoms with Crippen LogP contribution in [0.15, 0.2) is 48.9 Å². The number of pyridine rings is 1. The molecule has 0 aliphatic rings. The van der Waals surface area contributed by atoms with Gasteiger partial charge >= 0.3 is 0 Å². The number of hydrogen-bond donors (Lipinski definition) is 1. The van der Waals surface area contributed by atoms with Crippen molar-refractivity contribution >= 4 is 5.82 Å². The lowest BCUT2D eigenvalue weighted by atomic mass is 10.1. The third-order valence-electron chi connectivity index (χ3n) is 5.51. The molecule has 3 heterocycles. The van der Waals surface area contributed by atoms with Crippen molar-refractivity contribution in [2.75, 3.05) is 12.4 Å². The van der Waals surface area contributed by atoms with Crippen LogP contribution in [-0.4, -0.2) is 31.8 Å². The van der Waals surface area contributed by atoms with Crippen LogP contribution in [0.4, 0.5) is 10.2 Å². The Labute approximate surface area is 186 Å². The quantitative estimate of drug-likeness (QED) is 0.463. The van der Waals surface area contributed by atoms with Crippen LogP contribution in [0, 0.1) is 26.6 Å². The Kier molecular flexibility index (Phi) is 5.85. The Hall–Kier alpha value is -3.81. The van der Waals surface area contributed by atoms with Crippen molar-refractivity contribution in [2.24, 2.45) is 0 Å². The lowest BCUT2D eigenvalue weighted by molar-refractivity contribution is 0.396. The summed E-state index contributed by atoms with van der Waals surface area (Å²) >= 11 is 0. The van der Waals surface area contributed by atoms with E-state index in [0.29, 0.717) is 23.1 Å². The fraction of sp³-hybridized carbons (Fsp3) is 0.250. The monoisotopic (exact) mass is 432 g/mol. The van der Waals surface area contributed by atoms with E-state index in [1.165, 1.54) is 12.1 Å². The number of nitrogens with zero attached hydrogens (tertiary/aromatic N) is 5. The predicted octanol–water partition coefficient (Wildman–Crippen LogP) is 4.97. The van der Waals surface area contributed by atoms with E-state index in [-0.39, 0.29) is 11.9 Å². The Morgan fingerprint density at radius 1 is 1.00 bits per heavy atom. The number of hydrogen-bond acceptors (Lipinski definition) is 6. The maximum Gasteiger partial charge on any atom is 0.238 e. The molecule has 0 aliphatic carbocycles. The van der Waals surface area contributed by atoms with E-state index in [2.05, 4.69) is 25.5 Å². The van der Waals surface area contributed by atoms with E-state index in [1.807, 2.05) is 50.6 Å². The normalized spacial score (nSPS) is 11.9. The van der Waals surface area contributed by atoms with Crippen LogP contribution < -0.4 is 10.1 Å². The van der Waals surface area contributed by atoms with Gasteiger partial charge in [-0.25, -0.2) is 14.4 Å². The molecule has 0 bridgehead atoms. The molecule has 0 saturated carbocycles. The summed E-state index contributed by atoms with van der Waals surface area (Å²) in [5.74, 6) is 0.903. The Bertz CT molecular complexity index is 1250. The summed E-state index contributed by atoms with van der Waals surface area (Å²) in [7, 11) is 1.59. The van der Waals surface area contributed by atoms with E-state index < -0.39 is 0 Å². The molecule has 32 heavy (non-hydrogen) atoms. The summed E-state index contributed by atoms with van der Waals surface area (Å²) in [6.45, 7) is 7.92. The van der Waals surface area contributed by atoms with Gasteiger partial charge in [-0.15, -0.1) is 10.2 Å². The van der Waals surface area contributed by atoms with Gasteiger partial charge in [-0.05, 0) is 68.7 Å². The molecule has 0 radical (unpaired) electrons. The predicted molar refractivity (Wildman–Crippen MR) is 122 cm³/mol. The van der Waals surface area contributed by atoms with Crippen LogP contribution in [0.25, 0.3) is 17.1 Å². The highest BCUT2D eigenvalue weighted by atomic mass is 19.1. The van der Waals surface area contributed by atoms with E-state index >= 15 is 0 Å². The number of aryl methyl sites for hydroxylation is 1. The van der Waals surface area contributed by atoms with Gasteiger partial charge in [0.15, 0.2) is 5.82 Å². The third kappa shape index (κ3) is 4.16. The minimum absolute atomic E-state index is 0.0509. The van der Waals surface area contributed by atoms with Crippen LogP contribution in [0.2, 0.25) is 0 Å². The summed E-state index contributed by atoms with van der Waals surface area (Å²) in [5, 5.41) is 12.2. The first-order valence-corrected chi connectivity index (χ1v) is 10.3. The van der Waals surface area contributed by atoms with Gasteiger partial charge in [-0.1, -0.05) is 12.1 Å². The molecule has 0 aliphatic heterocycles. The van der Waals surface area contributed by atoms with Crippen molar-refractivity contribution < 1.29 is 9.13 Å². The number of methoxy groups -OCH3 is 1. The first kappa shape index (κ1) is 21.4. The minimum Gasteiger partial charge on any atom is -0.479 e. The molecular weight excluding hydrogens is 407 g/mol. The van der Waals surface area contributed by atoms with Crippen molar-refractivity contribution in [1.82, 2.24) is 24.7 Å². The molecule has 4 aromatic rings. The lowest BCUT2D eigenvalue weighted by Crippen LogP contribution is -2.11. The molecule has 0 fully saturated rings. The zero-order chi connectivity index (χ0) is 22.8. The Morgan fingerprint density at radius 3 is 2.41 bits per heavy atom. The van der Waals surface area contributed by atoms with Crippen LogP contribution in [0.3, 0.4) is 0 Å². The van der Waals surface area contributed by atoms with Crippen molar-refractivity contribution in [3.8, 4) is 23.0 Å². The molecule has 1 aromatic carbocycles. The number of imidazole rings is 1. The van der Waals surface area contributed by atoms with E-state index in [9.17, 15) is 4.39 Å². The average molecular weight is 433 g/mol. The second kappa shape index (κ2) is 8.74. The topological polar surface area (TPSA) is 77.8 Å². The van der Waals surface area contributed by atoms with Crippen molar-refractivity contribution in [2.45, 2.75) is 33.7 Å². The fourth-order valence-electron chi connectivity index (χ4n) is 3.49. The molecule has 0 saturated heterocycles. The van der Waals surface area contributed by atoms with Crippen LogP contribution >= 0.6 is 0 Å². The molecule has 7 nitrogen and oxygen atoms in total. The highest BCUT2D eigenvalue weighted by molar-refractivity contribution is 5.65. The van der Waals surface area contributed by atoms with Gasteiger partial charge in [0.1, 0.15) is 17.2 Å². The zero-order valence-electron chi connectivity index (χ0n) is 18.7. The second-order valence-electron chi connectivity index (χ2n) is 7.71. The summed E-state index contributed by atoms with van der Waals surface area (Å²) < 4.78 is 20.6. The van der Waals surface area contributed by atoms with Crippen molar-refractivity contribution in [1.29, 1.82) is 0 Å². The van der Waals surface area contributed by atoms with Gasteiger partial charge in [-0.3, -0.25) is 0 Å². The molecular formula is C24H25FN6O. The molecule has 4 rings (SSSR count). The standard InChI is InChI=1S/C24H25FN6O/c1-14-12-31(13-26-14)21-11-10-20(28-24(21)32-5)22-15(2)16(3)23(30-29-22)27-17(4)18-6-8-19(25)9-7-18/h6-13,17H,1-5H3,(H,27,30). The van der Waals surface area contributed by atoms with Crippen molar-refractivity contribution in [3.63, 3.8) is 0 Å². The zero-order valence-corrected chi connectivity index (χ0v) is 18.7. The summed E-state index contributed by atoms with van der Waals surface area (Å²) in [4.78, 5) is 8.93. The number of benzene rings is 1. The third-order valence-corrected chi connectivity index (χ3v) is 5.51. The van der Waals surface area contributed by atoms with Gasteiger partial charge in [0.2, 0.25) is 5.88 Å². The SMILES string of the molecule is COc1nc(-c2nnc(NC(C)c3ccc(F)cc3)c(C)c2C)ccc1-n1cnc(C)c1. The first-order chi connectivity index (χ1) is 15.4. The molecule has 1 unspecified atom stereocenters. The van der Waals surface area contributed by atoms with E-state index in [1.54, 1.807) is 25.6 Å². The van der Waals surface area contributed by atoms with Crippen LogP contribution in [0.5, 0.6) is 5.88 Å². The minimum atomic E-state index is -0.255.